The number of fused-ring (bicyclic) bond motifs is 1. The van der Waals surface area contributed by atoms with Gasteiger partial charge in [-0.15, -0.1) is 12.4 Å². The number of hydrogen-bond donors (Lipinski definition) is 2. The van der Waals surface area contributed by atoms with Crippen molar-refractivity contribution in [2.45, 2.75) is 6.42 Å². The third-order valence-corrected chi connectivity index (χ3v) is 2.56. The molecule has 0 radical (unpaired) electrons. The molecule has 2 N–H and O–H groups in total. The SMILES string of the molecule is Cl.O=C(O)C1C(=O)NC2=CC=CCC2C1=O. The Hall–Kier alpha value is -1.62. The first-order valence-electron chi connectivity index (χ1n) is 4.55. The molecule has 0 aromatic heterocycles. The second-order valence-corrected chi connectivity index (χ2v) is 3.50. The van der Waals surface area contributed by atoms with E-state index in [9.17, 15) is 14.4 Å². The molecule has 2 aliphatic rings. The monoisotopic (exact) mass is 243 g/mol. The second kappa shape index (κ2) is 4.49. The van der Waals surface area contributed by atoms with Crippen molar-refractivity contribution in [3.63, 3.8) is 0 Å². The number of halogens is 1. The number of allylic oxidation sites excluding steroid dienone is 4. The van der Waals surface area contributed by atoms with Crippen LogP contribution in [-0.4, -0.2) is 22.8 Å². The first-order chi connectivity index (χ1) is 7.11. The molecule has 5 nitrogen and oxygen atoms in total. The minimum atomic E-state index is -1.56. The molecule has 86 valence electrons. The number of amides is 1. The highest BCUT2D eigenvalue weighted by Crippen LogP contribution is 2.27. The van der Waals surface area contributed by atoms with Crippen molar-refractivity contribution in [2.24, 2.45) is 11.8 Å². The smallest absolute Gasteiger partial charge is 0.323 e. The summed E-state index contributed by atoms with van der Waals surface area (Å²) in [6, 6.07) is 0. The first kappa shape index (κ1) is 12.4. The van der Waals surface area contributed by atoms with E-state index in [2.05, 4.69) is 5.32 Å². The van der Waals surface area contributed by atoms with E-state index in [4.69, 9.17) is 5.11 Å². The molecule has 0 bridgehead atoms. The molecule has 2 rings (SSSR count). The minimum Gasteiger partial charge on any atom is -0.480 e. The lowest BCUT2D eigenvalue weighted by molar-refractivity contribution is -0.153. The van der Waals surface area contributed by atoms with Crippen LogP contribution in [0.4, 0.5) is 0 Å². The summed E-state index contributed by atoms with van der Waals surface area (Å²) in [6.45, 7) is 0. The largest absolute Gasteiger partial charge is 0.480 e. The van der Waals surface area contributed by atoms with Gasteiger partial charge in [0, 0.05) is 5.70 Å². The number of carboxylic acids is 1. The zero-order valence-corrected chi connectivity index (χ0v) is 8.99. The maximum absolute atomic E-state index is 11.7. The first-order valence-corrected chi connectivity index (χ1v) is 4.55. The van der Waals surface area contributed by atoms with E-state index in [1.165, 1.54) is 0 Å². The molecule has 2 atom stereocenters. The van der Waals surface area contributed by atoms with Crippen molar-refractivity contribution in [1.29, 1.82) is 0 Å². The lowest BCUT2D eigenvalue weighted by Gasteiger charge is -2.28. The van der Waals surface area contributed by atoms with Gasteiger partial charge in [-0.25, -0.2) is 0 Å². The summed E-state index contributed by atoms with van der Waals surface area (Å²) < 4.78 is 0. The molecule has 0 aromatic rings. The Morgan fingerprint density at radius 2 is 2.12 bits per heavy atom. The molecule has 16 heavy (non-hydrogen) atoms. The van der Waals surface area contributed by atoms with E-state index >= 15 is 0 Å². The van der Waals surface area contributed by atoms with Crippen LogP contribution in [0.25, 0.3) is 0 Å². The Labute approximate surface area is 97.6 Å². The highest BCUT2D eigenvalue weighted by molar-refractivity contribution is 6.19. The number of carbonyl (C=O) groups excluding carboxylic acids is 2. The van der Waals surface area contributed by atoms with Gasteiger partial charge in [0.2, 0.25) is 5.91 Å². The van der Waals surface area contributed by atoms with Crippen LogP contribution in [0.3, 0.4) is 0 Å². The summed E-state index contributed by atoms with van der Waals surface area (Å²) in [6.07, 6.45) is 5.60. The number of rotatable bonds is 1. The Morgan fingerprint density at radius 1 is 1.44 bits per heavy atom. The molecule has 0 saturated carbocycles. The zero-order chi connectivity index (χ0) is 11.0. The fourth-order valence-corrected chi connectivity index (χ4v) is 1.81. The predicted octanol–water partition coefficient (Wildman–Crippen LogP) is 0.268. The third kappa shape index (κ3) is 1.86. The quantitative estimate of drug-likeness (QED) is 0.648. The summed E-state index contributed by atoms with van der Waals surface area (Å²) in [5, 5.41) is 11.2. The molecular formula is C10H10ClNO4. The predicted molar refractivity (Wildman–Crippen MR) is 56.9 cm³/mol. The van der Waals surface area contributed by atoms with Gasteiger partial charge >= 0.3 is 5.97 Å². The van der Waals surface area contributed by atoms with Crippen molar-refractivity contribution >= 4 is 30.1 Å². The van der Waals surface area contributed by atoms with Gasteiger partial charge in [-0.2, -0.15) is 0 Å². The van der Waals surface area contributed by atoms with Crippen molar-refractivity contribution in [3.8, 4) is 0 Å². The Kier molecular flexibility index (Phi) is 3.49. The molecule has 0 aromatic carbocycles. The molecule has 1 fully saturated rings. The molecule has 0 spiro atoms. The summed E-state index contributed by atoms with van der Waals surface area (Å²) in [7, 11) is 0. The number of hydrogen-bond acceptors (Lipinski definition) is 3. The van der Waals surface area contributed by atoms with Crippen molar-refractivity contribution < 1.29 is 19.5 Å². The summed E-state index contributed by atoms with van der Waals surface area (Å²) in [5.74, 6) is -4.72. The van der Waals surface area contributed by atoms with Crippen LogP contribution in [0.1, 0.15) is 6.42 Å². The van der Waals surface area contributed by atoms with Gasteiger partial charge in [0.1, 0.15) is 0 Å². The van der Waals surface area contributed by atoms with E-state index in [1.54, 1.807) is 18.2 Å². The van der Waals surface area contributed by atoms with Crippen molar-refractivity contribution in [3.05, 3.63) is 23.9 Å². The third-order valence-electron chi connectivity index (χ3n) is 2.56. The standard InChI is InChI=1S/C10H9NO4.ClH/c12-8-5-3-1-2-4-6(5)11-9(13)7(8)10(14)15;/h1-2,4-5,7H,3H2,(H,11,13)(H,14,15);1H. The number of aliphatic carboxylic acids is 1. The average molecular weight is 244 g/mol. The molecule has 2 unspecified atom stereocenters. The summed E-state index contributed by atoms with van der Waals surface area (Å²) in [5.41, 5.74) is 0.505. The number of nitrogens with one attached hydrogen (secondary N) is 1. The van der Waals surface area contributed by atoms with Gasteiger partial charge in [-0.3, -0.25) is 14.4 Å². The van der Waals surface area contributed by atoms with Crippen LogP contribution in [0.15, 0.2) is 23.9 Å². The van der Waals surface area contributed by atoms with Crippen molar-refractivity contribution in [2.75, 3.05) is 0 Å². The van der Waals surface area contributed by atoms with Crippen LogP contribution < -0.4 is 5.32 Å². The molecule has 1 aliphatic carbocycles. The lowest BCUT2D eigenvalue weighted by Crippen LogP contribution is -2.50. The highest BCUT2D eigenvalue weighted by atomic mass is 35.5. The zero-order valence-electron chi connectivity index (χ0n) is 8.17. The molecule has 1 amide bonds. The second-order valence-electron chi connectivity index (χ2n) is 3.50. The maximum atomic E-state index is 11.7. The number of piperidine rings is 1. The van der Waals surface area contributed by atoms with Gasteiger partial charge in [0.15, 0.2) is 11.7 Å². The normalized spacial score (nSPS) is 27.4. The van der Waals surface area contributed by atoms with Crippen LogP contribution >= 0.6 is 12.4 Å². The topological polar surface area (TPSA) is 83.5 Å². The van der Waals surface area contributed by atoms with E-state index in [0.29, 0.717) is 12.1 Å². The van der Waals surface area contributed by atoms with Gasteiger partial charge in [-0.1, -0.05) is 12.2 Å². The Bertz CT molecular complexity index is 413. The van der Waals surface area contributed by atoms with Gasteiger partial charge < -0.3 is 10.4 Å². The molecule has 6 heteroatoms. The Balaban J connectivity index is 0.00000128. The van der Waals surface area contributed by atoms with Crippen LogP contribution in [0.5, 0.6) is 0 Å². The minimum absolute atomic E-state index is 0. The van der Waals surface area contributed by atoms with Crippen LogP contribution in [0, 0.1) is 11.8 Å². The van der Waals surface area contributed by atoms with Gasteiger partial charge in [0.25, 0.3) is 0 Å². The number of carboxylic acid groups (broad SMARTS) is 1. The summed E-state index contributed by atoms with van der Waals surface area (Å²) in [4.78, 5) is 33.7. The van der Waals surface area contributed by atoms with Crippen LogP contribution in [-0.2, 0) is 14.4 Å². The highest BCUT2D eigenvalue weighted by Gasteiger charge is 2.44. The Morgan fingerprint density at radius 3 is 2.75 bits per heavy atom. The van der Waals surface area contributed by atoms with E-state index in [0.717, 1.165) is 0 Å². The maximum Gasteiger partial charge on any atom is 0.323 e. The average Bonchev–Trinajstić information content (AvgIpc) is 2.17. The molecule has 1 saturated heterocycles. The van der Waals surface area contributed by atoms with Gasteiger partial charge in [0.05, 0.1) is 5.92 Å². The molecule has 1 heterocycles. The number of carbonyl (C=O) groups is 3. The van der Waals surface area contributed by atoms with Gasteiger partial charge in [-0.05, 0) is 12.5 Å². The molecule has 1 aliphatic heterocycles. The fourth-order valence-electron chi connectivity index (χ4n) is 1.81. The van der Waals surface area contributed by atoms with Crippen LogP contribution in [0.2, 0.25) is 0 Å². The fraction of sp³-hybridized carbons (Fsp3) is 0.300. The lowest BCUT2D eigenvalue weighted by atomic mass is 9.82. The van der Waals surface area contributed by atoms with E-state index in [-0.39, 0.29) is 12.4 Å². The van der Waals surface area contributed by atoms with E-state index < -0.39 is 29.5 Å². The number of Topliss-reactive ketones (excluding diaryl/α,β-unsaturated/α-hetero) is 1. The molecular weight excluding hydrogens is 234 g/mol. The summed E-state index contributed by atoms with van der Waals surface area (Å²) >= 11 is 0. The van der Waals surface area contributed by atoms with E-state index in [1.807, 2.05) is 0 Å². The van der Waals surface area contributed by atoms with Crippen molar-refractivity contribution in [1.82, 2.24) is 5.32 Å². The number of ketones is 1.